The molecule has 2 rings (SSSR count). The van der Waals surface area contributed by atoms with Gasteiger partial charge >= 0.3 is 0 Å². The first kappa shape index (κ1) is 13.9. The van der Waals surface area contributed by atoms with Gasteiger partial charge in [-0.1, -0.05) is 6.07 Å². The molecule has 0 bridgehead atoms. The standard InChI is InChI=1S/C15H16N2O3/c1-17-7-5-4-6-14(17)16-15(18)11-8-12(19-2)10-13(9-11)20-3/h4-10H,1-3H3. The fourth-order valence-electron chi connectivity index (χ4n) is 1.73. The Morgan fingerprint density at radius 1 is 1.10 bits per heavy atom. The molecule has 0 saturated heterocycles. The summed E-state index contributed by atoms with van der Waals surface area (Å²) >= 11 is 0. The number of carbonyl (C=O) groups is 1. The number of benzene rings is 1. The quantitative estimate of drug-likeness (QED) is 0.856. The molecule has 5 nitrogen and oxygen atoms in total. The molecule has 0 aliphatic carbocycles. The van der Waals surface area contributed by atoms with Crippen molar-refractivity contribution < 1.29 is 14.3 Å². The summed E-state index contributed by atoms with van der Waals surface area (Å²) in [6.07, 6.45) is 1.83. The molecule has 1 aromatic heterocycles. The highest BCUT2D eigenvalue weighted by Crippen LogP contribution is 2.22. The Balaban J connectivity index is 2.44. The summed E-state index contributed by atoms with van der Waals surface area (Å²) in [5, 5.41) is 0. The van der Waals surface area contributed by atoms with Crippen molar-refractivity contribution in [3.63, 3.8) is 0 Å². The van der Waals surface area contributed by atoms with Crippen LogP contribution in [0, 0.1) is 0 Å². The molecule has 0 atom stereocenters. The molecule has 1 aromatic carbocycles. The lowest BCUT2D eigenvalue weighted by molar-refractivity contribution is 0.0996. The number of hydrogen-bond acceptors (Lipinski definition) is 3. The Morgan fingerprint density at radius 2 is 1.75 bits per heavy atom. The van der Waals surface area contributed by atoms with Gasteiger partial charge in [0.25, 0.3) is 5.91 Å². The second-order valence-electron chi connectivity index (χ2n) is 4.19. The fraction of sp³-hybridized carbons (Fsp3) is 0.200. The molecule has 0 fully saturated rings. The fourth-order valence-corrected chi connectivity index (χ4v) is 1.73. The van der Waals surface area contributed by atoms with Crippen LogP contribution in [0.1, 0.15) is 10.4 Å². The molecule has 0 N–H and O–H groups in total. The van der Waals surface area contributed by atoms with Crippen molar-refractivity contribution in [2.75, 3.05) is 14.2 Å². The number of amides is 1. The summed E-state index contributed by atoms with van der Waals surface area (Å²) in [5.41, 5.74) is 1.00. The van der Waals surface area contributed by atoms with E-state index >= 15 is 0 Å². The van der Waals surface area contributed by atoms with Crippen LogP contribution in [0.5, 0.6) is 11.5 Å². The maximum absolute atomic E-state index is 12.2. The van der Waals surface area contributed by atoms with Crippen LogP contribution >= 0.6 is 0 Å². The number of ether oxygens (including phenoxy) is 2. The molecule has 1 heterocycles. The Labute approximate surface area is 117 Å². The first-order valence-corrected chi connectivity index (χ1v) is 6.08. The molecule has 20 heavy (non-hydrogen) atoms. The summed E-state index contributed by atoms with van der Waals surface area (Å²) < 4.78 is 12.1. The third-order valence-corrected chi connectivity index (χ3v) is 2.84. The molecular formula is C15H16N2O3. The van der Waals surface area contributed by atoms with Crippen molar-refractivity contribution in [3.8, 4) is 11.5 Å². The van der Waals surface area contributed by atoms with Gasteiger partial charge in [0, 0.05) is 24.9 Å². The zero-order valence-electron chi connectivity index (χ0n) is 11.7. The van der Waals surface area contributed by atoms with Gasteiger partial charge in [-0.15, -0.1) is 0 Å². The van der Waals surface area contributed by atoms with Crippen LogP contribution in [0.2, 0.25) is 0 Å². The number of carbonyl (C=O) groups excluding carboxylic acids is 1. The lowest BCUT2D eigenvalue weighted by Crippen LogP contribution is -2.18. The van der Waals surface area contributed by atoms with E-state index in [0.29, 0.717) is 22.6 Å². The van der Waals surface area contributed by atoms with Crippen molar-refractivity contribution in [1.29, 1.82) is 0 Å². The molecule has 104 valence electrons. The second kappa shape index (κ2) is 6.06. The van der Waals surface area contributed by atoms with Crippen LogP contribution in [-0.2, 0) is 7.05 Å². The molecule has 0 aliphatic heterocycles. The molecule has 0 spiro atoms. The topological polar surface area (TPSA) is 52.8 Å². The summed E-state index contributed by atoms with van der Waals surface area (Å²) in [7, 11) is 4.91. The summed E-state index contributed by atoms with van der Waals surface area (Å²) in [5.74, 6) is 0.768. The highest BCUT2D eigenvalue weighted by atomic mass is 16.5. The van der Waals surface area contributed by atoms with Crippen LogP contribution in [0.3, 0.4) is 0 Å². The minimum atomic E-state index is -0.344. The minimum absolute atomic E-state index is 0.344. The van der Waals surface area contributed by atoms with E-state index in [1.54, 1.807) is 28.8 Å². The summed E-state index contributed by atoms with van der Waals surface area (Å²) in [6, 6.07) is 10.5. The third-order valence-electron chi connectivity index (χ3n) is 2.84. The average molecular weight is 272 g/mol. The van der Waals surface area contributed by atoms with Crippen LogP contribution in [-0.4, -0.2) is 24.7 Å². The lowest BCUT2D eigenvalue weighted by Gasteiger charge is -2.06. The second-order valence-corrected chi connectivity index (χ2v) is 4.19. The van der Waals surface area contributed by atoms with E-state index in [2.05, 4.69) is 4.99 Å². The molecule has 5 heteroatoms. The van der Waals surface area contributed by atoms with Gasteiger partial charge in [0.2, 0.25) is 0 Å². The van der Waals surface area contributed by atoms with Crippen LogP contribution in [0.4, 0.5) is 0 Å². The Hall–Kier alpha value is -2.56. The first-order chi connectivity index (χ1) is 9.63. The summed E-state index contributed by atoms with van der Waals surface area (Å²) in [4.78, 5) is 16.3. The Bertz CT molecular complexity index is 667. The number of methoxy groups -OCH3 is 2. The van der Waals surface area contributed by atoms with E-state index in [4.69, 9.17) is 9.47 Å². The zero-order valence-corrected chi connectivity index (χ0v) is 11.7. The number of aromatic nitrogens is 1. The van der Waals surface area contributed by atoms with Crippen LogP contribution in [0.25, 0.3) is 0 Å². The Kier molecular flexibility index (Phi) is 4.20. The zero-order chi connectivity index (χ0) is 14.5. The van der Waals surface area contributed by atoms with Crippen LogP contribution in [0.15, 0.2) is 47.6 Å². The number of hydrogen-bond donors (Lipinski definition) is 0. The molecule has 0 aliphatic rings. The number of nitrogens with zero attached hydrogens (tertiary/aromatic N) is 2. The minimum Gasteiger partial charge on any atom is -0.497 e. The predicted molar refractivity (Wildman–Crippen MR) is 74.9 cm³/mol. The normalized spacial score (nSPS) is 11.2. The molecule has 2 aromatic rings. The molecule has 0 unspecified atom stereocenters. The predicted octanol–water partition coefficient (Wildman–Crippen LogP) is 1.78. The van der Waals surface area contributed by atoms with Crippen molar-refractivity contribution in [1.82, 2.24) is 4.57 Å². The van der Waals surface area contributed by atoms with Gasteiger partial charge in [-0.25, -0.2) is 0 Å². The maximum atomic E-state index is 12.2. The van der Waals surface area contributed by atoms with Gasteiger partial charge in [-0.3, -0.25) is 4.79 Å². The highest BCUT2D eigenvalue weighted by Gasteiger charge is 2.08. The number of aryl methyl sites for hydroxylation is 1. The van der Waals surface area contributed by atoms with Crippen molar-refractivity contribution in [3.05, 3.63) is 53.6 Å². The van der Waals surface area contributed by atoms with Gasteiger partial charge in [-0.2, -0.15) is 4.99 Å². The van der Waals surface area contributed by atoms with Gasteiger partial charge in [-0.05, 0) is 24.3 Å². The largest absolute Gasteiger partial charge is 0.497 e. The van der Waals surface area contributed by atoms with Gasteiger partial charge < -0.3 is 14.0 Å². The number of rotatable bonds is 3. The van der Waals surface area contributed by atoms with E-state index in [9.17, 15) is 4.79 Å². The van der Waals surface area contributed by atoms with E-state index < -0.39 is 0 Å². The van der Waals surface area contributed by atoms with Crippen molar-refractivity contribution in [2.24, 2.45) is 12.0 Å². The molecule has 1 amide bonds. The molecular weight excluding hydrogens is 256 g/mol. The van der Waals surface area contributed by atoms with Gasteiger partial charge in [0.1, 0.15) is 17.0 Å². The highest BCUT2D eigenvalue weighted by molar-refractivity contribution is 5.95. The van der Waals surface area contributed by atoms with E-state index in [0.717, 1.165) is 0 Å². The maximum Gasteiger partial charge on any atom is 0.279 e. The lowest BCUT2D eigenvalue weighted by atomic mass is 10.2. The third kappa shape index (κ3) is 3.06. The SMILES string of the molecule is COc1cc(OC)cc(C(=O)N=c2ccccn2C)c1. The monoisotopic (exact) mass is 272 g/mol. The number of pyridine rings is 1. The van der Waals surface area contributed by atoms with E-state index in [1.165, 1.54) is 14.2 Å². The molecule has 0 radical (unpaired) electrons. The average Bonchev–Trinajstić information content (AvgIpc) is 2.48. The first-order valence-electron chi connectivity index (χ1n) is 6.08. The van der Waals surface area contributed by atoms with E-state index in [-0.39, 0.29) is 5.91 Å². The van der Waals surface area contributed by atoms with Gasteiger partial charge in [0.05, 0.1) is 14.2 Å². The van der Waals surface area contributed by atoms with Crippen molar-refractivity contribution >= 4 is 5.91 Å². The van der Waals surface area contributed by atoms with Crippen LogP contribution < -0.4 is 15.0 Å². The molecule has 0 saturated carbocycles. The Morgan fingerprint density at radius 3 is 2.30 bits per heavy atom. The smallest absolute Gasteiger partial charge is 0.279 e. The summed E-state index contributed by atoms with van der Waals surface area (Å²) in [6.45, 7) is 0. The van der Waals surface area contributed by atoms with Gasteiger partial charge in [0.15, 0.2) is 0 Å². The van der Waals surface area contributed by atoms with E-state index in [1.807, 2.05) is 25.4 Å². The van der Waals surface area contributed by atoms with Crippen molar-refractivity contribution in [2.45, 2.75) is 0 Å².